The molecule has 202 valence electrons. The van der Waals surface area contributed by atoms with Crippen molar-refractivity contribution in [1.29, 1.82) is 0 Å². The number of ether oxygens (including phenoxy) is 1. The minimum atomic E-state index is -4.81. The second-order valence-corrected chi connectivity index (χ2v) is 9.08. The molecule has 1 aliphatic rings. The zero-order valence-electron chi connectivity index (χ0n) is 20.0. The van der Waals surface area contributed by atoms with Gasteiger partial charge in [-0.2, -0.15) is 8.78 Å². The molecule has 0 aromatic heterocycles. The van der Waals surface area contributed by atoms with Crippen LogP contribution in [0.5, 0.6) is 5.75 Å². The Labute approximate surface area is 212 Å². The van der Waals surface area contributed by atoms with E-state index in [1.807, 2.05) is 6.08 Å². The van der Waals surface area contributed by atoms with Gasteiger partial charge in [0.2, 0.25) is 0 Å². The molecule has 0 amide bonds. The predicted octanol–water partition coefficient (Wildman–Crippen LogP) is 9.44. The van der Waals surface area contributed by atoms with Crippen LogP contribution in [-0.2, 0) is 6.11 Å². The summed E-state index contributed by atoms with van der Waals surface area (Å²) < 4.78 is 132. The molecule has 1 nitrogen and oxygen atoms in total. The number of allylic oxidation sites excluding steroid dienone is 2. The van der Waals surface area contributed by atoms with Crippen LogP contribution in [0, 0.1) is 46.6 Å². The number of alkyl halides is 2. The average molecular weight is 544 g/mol. The van der Waals surface area contributed by atoms with Gasteiger partial charge in [-0.25, -0.2) is 30.7 Å². The molecule has 0 aliphatic heterocycles. The van der Waals surface area contributed by atoms with Gasteiger partial charge < -0.3 is 4.74 Å². The molecule has 0 spiro atoms. The first-order valence-electron chi connectivity index (χ1n) is 11.8. The highest BCUT2D eigenvalue weighted by atomic mass is 19.3. The topological polar surface area (TPSA) is 9.23 Å². The van der Waals surface area contributed by atoms with Gasteiger partial charge in [0.1, 0.15) is 22.9 Å². The van der Waals surface area contributed by atoms with E-state index in [4.69, 9.17) is 0 Å². The number of halogens is 9. The second-order valence-electron chi connectivity index (χ2n) is 9.08. The molecule has 1 aliphatic carbocycles. The van der Waals surface area contributed by atoms with Gasteiger partial charge in [-0.15, -0.1) is 0 Å². The highest BCUT2D eigenvalue weighted by molar-refractivity contribution is 5.72. The van der Waals surface area contributed by atoms with E-state index in [2.05, 4.69) is 11.7 Å². The van der Waals surface area contributed by atoms with Crippen molar-refractivity contribution in [3.05, 3.63) is 94.3 Å². The molecular formula is C28H21F9O. The van der Waals surface area contributed by atoms with Gasteiger partial charge in [0.15, 0.2) is 29.1 Å². The molecule has 1 atom stereocenters. The Balaban J connectivity index is 1.64. The van der Waals surface area contributed by atoms with Crippen molar-refractivity contribution in [2.75, 3.05) is 0 Å². The van der Waals surface area contributed by atoms with Crippen LogP contribution in [-0.4, -0.2) is 0 Å². The first-order valence-corrected chi connectivity index (χ1v) is 11.8. The summed E-state index contributed by atoms with van der Waals surface area (Å²) in [6.45, 7) is 2.06. The standard InChI is InChI=1S/C28H21F9O/c1-2-3-14-4-6-15(7-5-14)18-8-9-19(26(34)25(18)33)16-10-20(29)24(21(30)11-16)28(36,37)38-17-12-22(31)27(35)23(32)13-17/h6,8-14H,2-5,7H2,1H3. The smallest absolute Gasteiger partial charge is 0.429 e. The van der Waals surface area contributed by atoms with Crippen LogP contribution >= 0.6 is 0 Å². The third-order valence-electron chi connectivity index (χ3n) is 6.49. The molecule has 3 aromatic rings. The zero-order valence-corrected chi connectivity index (χ0v) is 20.0. The quantitative estimate of drug-likeness (QED) is 0.213. The van der Waals surface area contributed by atoms with Crippen LogP contribution in [0.4, 0.5) is 39.5 Å². The Morgan fingerprint density at radius 3 is 1.92 bits per heavy atom. The summed E-state index contributed by atoms with van der Waals surface area (Å²) in [7, 11) is 0. The summed E-state index contributed by atoms with van der Waals surface area (Å²) in [5, 5.41) is 0. The molecule has 38 heavy (non-hydrogen) atoms. The largest absolute Gasteiger partial charge is 0.432 e. The number of benzene rings is 3. The van der Waals surface area contributed by atoms with Gasteiger partial charge in [0.25, 0.3) is 0 Å². The van der Waals surface area contributed by atoms with Crippen molar-refractivity contribution in [1.82, 2.24) is 0 Å². The molecular weight excluding hydrogens is 523 g/mol. The predicted molar refractivity (Wildman–Crippen MR) is 123 cm³/mol. The van der Waals surface area contributed by atoms with Crippen molar-refractivity contribution < 1.29 is 44.3 Å². The summed E-state index contributed by atoms with van der Waals surface area (Å²) >= 11 is 0. The second kappa shape index (κ2) is 10.7. The van der Waals surface area contributed by atoms with E-state index >= 15 is 0 Å². The fourth-order valence-corrected chi connectivity index (χ4v) is 4.62. The number of hydrogen-bond donors (Lipinski definition) is 0. The maximum atomic E-state index is 15.0. The molecule has 10 heteroatoms. The fourth-order valence-electron chi connectivity index (χ4n) is 4.62. The Hall–Kier alpha value is -3.43. The lowest BCUT2D eigenvalue weighted by Gasteiger charge is -2.22. The van der Waals surface area contributed by atoms with Gasteiger partial charge in [0, 0.05) is 23.3 Å². The first-order chi connectivity index (χ1) is 17.9. The van der Waals surface area contributed by atoms with E-state index in [0.29, 0.717) is 30.0 Å². The minimum absolute atomic E-state index is 0.0115. The van der Waals surface area contributed by atoms with Crippen molar-refractivity contribution in [2.45, 2.75) is 45.1 Å². The number of rotatable bonds is 7. The lowest BCUT2D eigenvalue weighted by molar-refractivity contribution is -0.189. The van der Waals surface area contributed by atoms with Crippen LogP contribution in [0.15, 0.2) is 42.5 Å². The summed E-state index contributed by atoms with van der Waals surface area (Å²) in [4.78, 5) is 0. The fraction of sp³-hybridized carbons (Fsp3) is 0.286. The molecule has 0 saturated carbocycles. The molecule has 0 saturated heterocycles. The normalized spacial score (nSPS) is 15.9. The van der Waals surface area contributed by atoms with Crippen molar-refractivity contribution in [3.63, 3.8) is 0 Å². The van der Waals surface area contributed by atoms with Gasteiger partial charge in [-0.3, -0.25) is 0 Å². The van der Waals surface area contributed by atoms with Gasteiger partial charge in [0.05, 0.1) is 0 Å². The molecule has 0 heterocycles. The highest BCUT2D eigenvalue weighted by Crippen LogP contribution is 2.40. The molecule has 0 radical (unpaired) electrons. The van der Waals surface area contributed by atoms with Crippen molar-refractivity contribution in [2.24, 2.45) is 5.92 Å². The van der Waals surface area contributed by atoms with E-state index in [0.717, 1.165) is 31.7 Å². The Bertz CT molecular complexity index is 1350. The lowest BCUT2D eigenvalue weighted by atomic mass is 9.84. The van der Waals surface area contributed by atoms with E-state index in [-0.39, 0.29) is 17.7 Å². The van der Waals surface area contributed by atoms with Crippen LogP contribution in [0.3, 0.4) is 0 Å². The van der Waals surface area contributed by atoms with Crippen molar-refractivity contribution >= 4 is 5.57 Å². The first kappa shape index (κ1) is 27.6. The van der Waals surface area contributed by atoms with E-state index in [9.17, 15) is 39.5 Å². The Kier molecular flexibility index (Phi) is 7.80. The molecule has 4 rings (SSSR count). The zero-order chi connectivity index (χ0) is 27.8. The summed E-state index contributed by atoms with van der Waals surface area (Å²) in [5.74, 6) is -12.9. The monoisotopic (exact) mass is 544 g/mol. The molecule has 0 bridgehead atoms. The van der Waals surface area contributed by atoms with Crippen LogP contribution in [0.1, 0.15) is 50.2 Å². The summed E-state index contributed by atoms with van der Waals surface area (Å²) in [5.41, 5.74) is -2.46. The van der Waals surface area contributed by atoms with E-state index in [1.165, 1.54) is 6.07 Å². The van der Waals surface area contributed by atoms with Gasteiger partial charge in [-0.1, -0.05) is 38.0 Å². The lowest BCUT2D eigenvalue weighted by Crippen LogP contribution is -2.25. The van der Waals surface area contributed by atoms with Crippen molar-refractivity contribution in [3.8, 4) is 16.9 Å². The third kappa shape index (κ3) is 5.39. The maximum absolute atomic E-state index is 15.0. The van der Waals surface area contributed by atoms with Gasteiger partial charge >= 0.3 is 6.11 Å². The maximum Gasteiger partial charge on any atom is 0.432 e. The van der Waals surface area contributed by atoms with E-state index in [1.54, 1.807) is 0 Å². The number of hydrogen-bond acceptors (Lipinski definition) is 1. The third-order valence-corrected chi connectivity index (χ3v) is 6.49. The van der Waals surface area contributed by atoms with Crippen LogP contribution in [0.2, 0.25) is 0 Å². The summed E-state index contributed by atoms with van der Waals surface area (Å²) in [6, 6.07) is 3.21. The van der Waals surface area contributed by atoms with Gasteiger partial charge in [-0.05, 0) is 48.4 Å². The summed E-state index contributed by atoms with van der Waals surface area (Å²) in [6.07, 6.45) is 1.14. The minimum Gasteiger partial charge on any atom is -0.429 e. The Morgan fingerprint density at radius 1 is 0.789 bits per heavy atom. The molecule has 0 N–H and O–H groups in total. The molecule has 3 aromatic carbocycles. The van der Waals surface area contributed by atoms with Crippen LogP contribution in [0.25, 0.3) is 16.7 Å². The van der Waals surface area contributed by atoms with Crippen LogP contribution < -0.4 is 4.74 Å². The molecule has 0 fully saturated rings. The SMILES string of the molecule is CCCC1CC=C(c2ccc(-c3cc(F)c(C(F)(F)Oc4cc(F)c(F)c(F)c4)c(F)c3)c(F)c2F)CC1. The van der Waals surface area contributed by atoms with E-state index < -0.39 is 69.3 Å². The highest BCUT2D eigenvalue weighted by Gasteiger charge is 2.41. The molecule has 1 unspecified atom stereocenters. The average Bonchev–Trinajstić information content (AvgIpc) is 2.84. The Morgan fingerprint density at radius 2 is 1.37 bits per heavy atom.